The molecule has 3 aromatic rings. The van der Waals surface area contributed by atoms with Gasteiger partial charge in [0, 0.05) is 35.6 Å². The van der Waals surface area contributed by atoms with Crippen LogP contribution in [0.2, 0.25) is 0 Å². The van der Waals surface area contributed by atoms with Gasteiger partial charge >= 0.3 is 0 Å². The topological polar surface area (TPSA) is 98.8 Å². The van der Waals surface area contributed by atoms with Gasteiger partial charge in [0.2, 0.25) is 5.95 Å². The summed E-state index contributed by atoms with van der Waals surface area (Å²) in [4.78, 5) is 8.85. The first-order valence-electron chi connectivity index (χ1n) is 11.4. The fourth-order valence-corrected chi connectivity index (χ4v) is 4.63. The van der Waals surface area contributed by atoms with Crippen LogP contribution in [-0.4, -0.2) is 66.8 Å². The van der Waals surface area contributed by atoms with Crippen LogP contribution in [0.3, 0.4) is 0 Å². The van der Waals surface area contributed by atoms with Crippen molar-refractivity contribution in [3.05, 3.63) is 60.5 Å². The minimum absolute atomic E-state index is 0.131. The number of thiocarbonyl (C=S) groups is 1. The number of ether oxygens (including phenoxy) is 4. The first kappa shape index (κ1) is 24.2. The third-order valence-corrected chi connectivity index (χ3v) is 6.29. The van der Waals surface area contributed by atoms with Gasteiger partial charge in [-0.1, -0.05) is 12.1 Å². The van der Waals surface area contributed by atoms with Crippen molar-refractivity contribution < 1.29 is 23.3 Å². The SMILES string of the molecule is COc1cc(NC(=S)N[C@@H]2CO[C@@H]3[C@@H]2OC[C@@H]3Nc2nccc(-c3cccc(F)c3)n2)cc(OC)c1. The van der Waals surface area contributed by atoms with E-state index in [1.54, 1.807) is 44.7 Å². The molecule has 0 bridgehead atoms. The van der Waals surface area contributed by atoms with Gasteiger partial charge in [0.25, 0.3) is 0 Å². The number of nitrogens with one attached hydrogen (secondary N) is 3. The van der Waals surface area contributed by atoms with Crippen molar-refractivity contribution in [1.82, 2.24) is 15.3 Å². The molecule has 2 aromatic carbocycles. The molecule has 0 amide bonds. The number of rotatable bonds is 7. The molecule has 0 saturated carbocycles. The fourth-order valence-electron chi connectivity index (χ4n) is 4.36. The summed E-state index contributed by atoms with van der Waals surface area (Å²) in [7, 11) is 3.19. The highest BCUT2D eigenvalue weighted by Crippen LogP contribution is 2.30. The van der Waals surface area contributed by atoms with E-state index in [2.05, 4.69) is 25.9 Å². The van der Waals surface area contributed by atoms with Crippen molar-refractivity contribution in [3.63, 3.8) is 0 Å². The third kappa shape index (κ3) is 5.32. The van der Waals surface area contributed by atoms with Gasteiger partial charge in [-0.2, -0.15) is 0 Å². The highest BCUT2D eigenvalue weighted by Gasteiger charge is 2.48. The Bertz CT molecular complexity index is 1230. The largest absolute Gasteiger partial charge is 0.497 e. The van der Waals surface area contributed by atoms with Crippen LogP contribution in [0.5, 0.6) is 11.5 Å². The second kappa shape index (κ2) is 10.6. The summed E-state index contributed by atoms with van der Waals surface area (Å²) >= 11 is 5.52. The van der Waals surface area contributed by atoms with Crippen LogP contribution in [-0.2, 0) is 9.47 Å². The Labute approximate surface area is 213 Å². The molecular weight excluding hydrogens is 485 g/mol. The molecule has 0 spiro atoms. The highest BCUT2D eigenvalue weighted by molar-refractivity contribution is 7.80. The maximum Gasteiger partial charge on any atom is 0.223 e. The Morgan fingerprint density at radius 3 is 2.44 bits per heavy atom. The Morgan fingerprint density at radius 1 is 1.00 bits per heavy atom. The molecule has 3 N–H and O–H groups in total. The van der Waals surface area contributed by atoms with Gasteiger partial charge in [-0.25, -0.2) is 14.4 Å². The van der Waals surface area contributed by atoms with Crippen LogP contribution in [0.15, 0.2) is 54.7 Å². The van der Waals surface area contributed by atoms with Gasteiger partial charge in [0.1, 0.15) is 29.5 Å². The lowest BCUT2D eigenvalue weighted by Crippen LogP contribution is -2.46. The van der Waals surface area contributed by atoms with Gasteiger partial charge in [-0.15, -0.1) is 0 Å². The van der Waals surface area contributed by atoms with Crippen LogP contribution < -0.4 is 25.4 Å². The van der Waals surface area contributed by atoms with E-state index in [0.717, 1.165) is 5.69 Å². The number of anilines is 2. The van der Waals surface area contributed by atoms with Crippen molar-refractivity contribution in [2.45, 2.75) is 24.3 Å². The van der Waals surface area contributed by atoms with E-state index in [-0.39, 0.29) is 30.1 Å². The molecule has 11 heteroatoms. The number of benzene rings is 2. The van der Waals surface area contributed by atoms with Gasteiger partial charge < -0.3 is 34.9 Å². The quantitative estimate of drug-likeness (QED) is 0.410. The molecule has 5 rings (SSSR count). The molecule has 4 atom stereocenters. The van der Waals surface area contributed by atoms with Crippen molar-refractivity contribution >= 4 is 29.0 Å². The predicted molar refractivity (Wildman–Crippen MR) is 137 cm³/mol. The molecule has 0 radical (unpaired) electrons. The Balaban J connectivity index is 1.20. The molecule has 2 aliphatic heterocycles. The number of aromatic nitrogens is 2. The van der Waals surface area contributed by atoms with Crippen molar-refractivity contribution in [3.8, 4) is 22.8 Å². The summed E-state index contributed by atoms with van der Waals surface area (Å²) in [5.74, 6) is 1.42. The summed E-state index contributed by atoms with van der Waals surface area (Å²) in [6, 6.07) is 13.2. The van der Waals surface area contributed by atoms with Crippen molar-refractivity contribution in [2.75, 3.05) is 38.1 Å². The fraction of sp³-hybridized carbons (Fsp3) is 0.320. The normalized spacial score (nSPS) is 22.5. The Kier molecular flexibility index (Phi) is 7.12. The van der Waals surface area contributed by atoms with Crippen molar-refractivity contribution in [2.24, 2.45) is 0 Å². The molecule has 2 saturated heterocycles. The highest BCUT2D eigenvalue weighted by atomic mass is 32.1. The maximum atomic E-state index is 13.6. The number of fused-ring (bicyclic) bond motifs is 1. The number of nitrogens with zero attached hydrogens (tertiary/aromatic N) is 2. The van der Waals surface area contributed by atoms with E-state index in [4.69, 9.17) is 31.2 Å². The van der Waals surface area contributed by atoms with Crippen LogP contribution in [0.4, 0.5) is 16.0 Å². The molecule has 1 aromatic heterocycles. The lowest BCUT2D eigenvalue weighted by molar-refractivity contribution is 0.0689. The average molecular weight is 512 g/mol. The maximum absolute atomic E-state index is 13.6. The second-order valence-corrected chi connectivity index (χ2v) is 8.84. The van der Waals surface area contributed by atoms with E-state index in [1.807, 2.05) is 12.1 Å². The number of halogens is 1. The molecule has 0 unspecified atom stereocenters. The van der Waals surface area contributed by atoms with Crippen LogP contribution in [0.25, 0.3) is 11.3 Å². The number of hydrogen-bond donors (Lipinski definition) is 3. The number of hydrogen-bond acceptors (Lipinski definition) is 8. The standard InChI is InChI=1S/C25H26FN5O4S/c1-32-17-9-16(10-18(11-17)33-2)28-25(36)31-21-13-35-22-20(12-34-23(21)22)30-24-27-7-6-19(29-24)14-4-3-5-15(26)8-14/h3-11,20-23H,12-13H2,1-2H3,(H,27,29,30)(H2,28,31,36)/t20-,21+,22-,23+/m0/s1. The average Bonchev–Trinajstić information content (AvgIpc) is 3.47. The van der Waals surface area contributed by atoms with Gasteiger partial charge in [0.05, 0.1) is 45.2 Å². The summed E-state index contributed by atoms with van der Waals surface area (Å²) in [5, 5.41) is 10.2. The van der Waals surface area contributed by atoms with Crippen LogP contribution in [0.1, 0.15) is 0 Å². The zero-order valence-electron chi connectivity index (χ0n) is 19.7. The van der Waals surface area contributed by atoms with E-state index >= 15 is 0 Å². The smallest absolute Gasteiger partial charge is 0.223 e. The lowest BCUT2D eigenvalue weighted by Gasteiger charge is -2.20. The first-order valence-corrected chi connectivity index (χ1v) is 11.8. The molecule has 2 fully saturated rings. The van der Waals surface area contributed by atoms with E-state index in [0.29, 0.717) is 47.0 Å². The van der Waals surface area contributed by atoms with E-state index < -0.39 is 0 Å². The minimum Gasteiger partial charge on any atom is -0.497 e. The molecule has 188 valence electrons. The molecule has 36 heavy (non-hydrogen) atoms. The molecular formula is C25H26FN5O4S. The summed E-state index contributed by atoms with van der Waals surface area (Å²) in [5.41, 5.74) is 2.04. The zero-order valence-corrected chi connectivity index (χ0v) is 20.5. The molecule has 2 aliphatic rings. The number of methoxy groups -OCH3 is 2. The molecule has 3 heterocycles. The lowest BCUT2D eigenvalue weighted by atomic mass is 10.1. The van der Waals surface area contributed by atoms with Crippen LogP contribution in [0, 0.1) is 5.82 Å². The monoisotopic (exact) mass is 511 g/mol. The van der Waals surface area contributed by atoms with Gasteiger partial charge in [0.15, 0.2) is 5.11 Å². The Morgan fingerprint density at radius 2 is 1.72 bits per heavy atom. The van der Waals surface area contributed by atoms with Crippen molar-refractivity contribution in [1.29, 1.82) is 0 Å². The molecule has 9 nitrogen and oxygen atoms in total. The molecule has 0 aliphatic carbocycles. The van der Waals surface area contributed by atoms with Gasteiger partial charge in [-0.3, -0.25) is 0 Å². The summed E-state index contributed by atoms with van der Waals surface area (Å²) in [6.45, 7) is 0.856. The van der Waals surface area contributed by atoms with E-state index in [1.165, 1.54) is 12.1 Å². The van der Waals surface area contributed by atoms with Gasteiger partial charge in [-0.05, 0) is 30.4 Å². The van der Waals surface area contributed by atoms with E-state index in [9.17, 15) is 4.39 Å². The minimum atomic E-state index is -0.316. The zero-order chi connectivity index (χ0) is 25.1. The summed E-state index contributed by atoms with van der Waals surface area (Å²) < 4.78 is 36.3. The third-order valence-electron chi connectivity index (χ3n) is 6.07. The summed E-state index contributed by atoms with van der Waals surface area (Å²) in [6.07, 6.45) is 1.23. The Hall–Kier alpha value is -3.54. The predicted octanol–water partition coefficient (Wildman–Crippen LogP) is 3.23. The second-order valence-electron chi connectivity index (χ2n) is 8.43. The van der Waals surface area contributed by atoms with Crippen LogP contribution >= 0.6 is 12.2 Å². The first-order chi connectivity index (χ1) is 17.5.